The number of thioether (sulfide) groups is 1. The smallest absolute Gasteiger partial charge is 0.311 e. The molecule has 3 fully saturated rings. The number of likely N-dealkylation sites (tertiary alicyclic amines) is 1. The fourth-order valence-electron chi connectivity index (χ4n) is 7.72. The van der Waals surface area contributed by atoms with Gasteiger partial charge in [-0.05, 0) is 43.9 Å². The molecule has 39 heavy (non-hydrogen) atoms. The lowest BCUT2D eigenvalue weighted by atomic mass is 9.66. The summed E-state index contributed by atoms with van der Waals surface area (Å²) in [5.74, 6) is -2.00. The molecule has 0 aromatic carbocycles. The van der Waals surface area contributed by atoms with Gasteiger partial charge in [-0.3, -0.25) is 14.4 Å². The summed E-state index contributed by atoms with van der Waals surface area (Å²) in [6.45, 7) is 24.6. The molecule has 3 aliphatic heterocycles. The van der Waals surface area contributed by atoms with Crippen LogP contribution in [0.5, 0.6) is 0 Å². The maximum Gasteiger partial charge on any atom is 0.311 e. The summed E-state index contributed by atoms with van der Waals surface area (Å²) in [6.07, 6.45) is 5.51. The maximum atomic E-state index is 14.9. The normalized spacial score (nSPS) is 31.6. The van der Waals surface area contributed by atoms with Crippen molar-refractivity contribution in [3.05, 3.63) is 25.3 Å². The highest BCUT2D eigenvalue weighted by atomic mass is 32.2. The molecule has 1 N–H and O–H groups in total. The number of aliphatic hydroxyl groups is 1. The second kappa shape index (κ2) is 11.6. The number of fused-ring (bicyclic) bond motifs is 1. The Kier molecular flexibility index (Phi) is 9.43. The first-order valence-electron chi connectivity index (χ1n) is 14.4. The molecule has 3 unspecified atom stereocenters. The summed E-state index contributed by atoms with van der Waals surface area (Å²) in [4.78, 5) is 46.3. The molecule has 0 radical (unpaired) electrons. The van der Waals surface area contributed by atoms with Crippen molar-refractivity contribution in [2.45, 2.75) is 102 Å². The summed E-state index contributed by atoms with van der Waals surface area (Å²) in [5.41, 5.74) is -0.543. The van der Waals surface area contributed by atoms with Crippen LogP contribution in [0.15, 0.2) is 25.3 Å². The van der Waals surface area contributed by atoms with Crippen molar-refractivity contribution in [3.63, 3.8) is 0 Å². The van der Waals surface area contributed by atoms with Crippen LogP contribution in [0.25, 0.3) is 0 Å². The van der Waals surface area contributed by atoms with E-state index in [1.54, 1.807) is 22.7 Å². The molecule has 8 atom stereocenters. The van der Waals surface area contributed by atoms with Crippen LogP contribution >= 0.6 is 11.8 Å². The molecule has 3 heterocycles. The van der Waals surface area contributed by atoms with E-state index in [9.17, 15) is 19.5 Å². The quantitative estimate of drug-likeness (QED) is 0.274. The fourth-order valence-corrected chi connectivity index (χ4v) is 10.1. The monoisotopic (exact) mass is 562 g/mol. The molecular weight excluding hydrogens is 512 g/mol. The highest BCUT2D eigenvalue weighted by Crippen LogP contribution is 2.69. The molecule has 7 nitrogen and oxygen atoms in total. The third kappa shape index (κ3) is 5.44. The Morgan fingerprint density at radius 2 is 1.90 bits per heavy atom. The number of carbonyl (C=O) groups excluding carboxylic acids is 3. The van der Waals surface area contributed by atoms with Crippen LogP contribution in [0.2, 0.25) is 0 Å². The van der Waals surface area contributed by atoms with Crippen molar-refractivity contribution in [3.8, 4) is 0 Å². The summed E-state index contributed by atoms with van der Waals surface area (Å²) in [7, 11) is 0. The van der Waals surface area contributed by atoms with Crippen molar-refractivity contribution in [1.29, 1.82) is 0 Å². The van der Waals surface area contributed by atoms with E-state index in [0.29, 0.717) is 6.54 Å². The largest absolute Gasteiger partial charge is 0.461 e. The second-order valence-corrected chi connectivity index (χ2v) is 15.2. The van der Waals surface area contributed by atoms with E-state index >= 15 is 0 Å². The van der Waals surface area contributed by atoms with Gasteiger partial charge in [-0.25, -0.2) is 0 Å². The topological polar surface area (TPSA) is 87.1 Å². The van der Waals surface area contributed by atoms with Gasteiger partial charge in [0.1, 0.15) is 12.6 Å². The van der Waals surface area contributed by atoms with Crippen molar-refractivity contribution in [1.82, 2.24) is 9.80 Å². The van der Waals surface area contributed by atoms with Crippen molar-refractivity contribution in [2.75, 3.05) is 19.8 Å². The van der Waals surface area contributed by atoms with Gasteiger partial charge >= 0.3 is 5.97 Å². The van der Waals surface area contributed by atoms with E-state index < -0.39 is 40.2 Å². The van der Waals surface area contributed by atoms with E-state index in [-0.39, 0.29) is 47.5 Å². The molecule has 2 bridgehead atoms. The van der Waals surface area contributed by atoms with Gasteiger partial charge in [0.2, 0.25) is 11.8 Å². The first kappa shape index (κ1) is 31.7. The number of esters is 1. The number of ether oxygens (including phenoxy) is 1. The number of rotatable bonds is 12. The second-order valence-electron chi connectivity index (χ2n) is 13.6. The number of hydrogen-bond acceptors (Lipinski definition) is 6. The zero-order valence-electron chi connectivity index (χ0n) is 25.2. The molecule has 0 aliphatic carbocycles. The molecule has 3 aliphatic rings. The zero-order chi connectivity index (χ0) is 29.5. The highest BCUT2D eigenvalue weighted by Gasteiger charge is 2.77. The van der Waals surface area contributed by atoms with Crippen LogP contribution in [0.3, 0.4) is 0 Å². The van der Waals surface area contributed by atoms with Gasteiger partial charge in [0.05, 0.1) is 29.2 Å². The first-order chi connectivity index (χ1) is 18.1. The van der Waals surface area contributed by atoms with Crippen LogP contribution in [-0.4, -0.2) is 80.1 Å². The van der Waals surface area contributed by atoms with E-state index in [0.717, 1.165) is 19.3 Å². The van der Waals surface area contributed by atoms with Gasteiger partial charge in [0, 0.05) is 17.3 Å². The molecule has 1 spiro atoms. The van der Waals surface area contributed by atoms with Crippen LogP contribution in [-0.2, 0) is 19.1 Å². The molecule has 2 amide bonds. The molecule has 0 saturated carbocycles. The maximum absolute atomic E-state index is 14.9. The van der Waals surface area contributed by atoms with E-state index in [4.69, 9.17) is 4.74 Å². The zero-order valence-corrected chi connectivity index (χ0v) is 26.1. The van der Waals surface area contributed by atoms with Crippen LogP contribution < -0.4 is 0 Å². The van der Waals surface area contributed by atoms with E-state index in [1.807, 2.05) is 18.7 Å². The Morgan fingerprint density at radius 3 is 2.41 bits per heavy atom. The Hall–Kier alpha value is -1.80. The van der Waals surface area contributed by atoms with Gasteiger partial charge in [-0.2, -0.15) is 0 Å². The van der Waals surface area contributed by atoms with Crippen molar-refractivity contribution < 1.29 is 24.2 Å². The molecule has 3 saturated heterocycles. The number of aliphatic hydroxyl groups excluding tert-OH is 1. The van der Waals surface area contributed by atoms with Crippen LogP contribution in [0, 0.1) is 29.1 Å². The standard InChI is InChI=1S/C31H50N2O5S/c1-11-14-32(30(9,10)18-29(6,7)8)27(36)25-31-20(5)16-22(39-31)23(28(37)38-15-12-2)24(31)26(35)33(25)21(17-34)19(4)13-3/h11-12,19-25,34H,1-2,13-18H2,3-10H3/t19-,20?,21-,22+,23-,24-,25?,31?/m0/s1. The fraction of sp³-hybridized carbons (Fsp3) is 0.774. The number of carbonyl (C=O) groups is 3. The lowest BCUT2D eigenvalue weighted by Crippen LogP contribution is -2.63. The summed E-state index contributed by atoms with van der Waals surface area (Å²) in [5, 5.41) is 10.5. The van der Waals surface area contributed by atoms with Crippen molar-refractivity contribution in [2.24, 2.45) is 29.1 Å². The predicted molar refractivity (Wildman–Crippen MR) is 157 cm³/mol. The predicted octanol–water partition coefficient (Wildman–Crippen LogP) is 4.69. The number of amides is 2. The van der Waals surface area contributed by atoms with Gasteiger partial charge in [0.25, 0.3) is 0 Å². The van der Waals surface area contributed by atoms with Gasteiger partial charge in [-0.1, -0.05) is 66.7 Å². The Morgan fingerprint density at radius 1 is 1.26 bits per heavy atom. The molecule has 0 aromatic heterocycles. The lowest BCUT2D eigenvalue weighted by Gasteiger charge is -2.48. The Bertz CT molecular complexity index is 975. The summed E-state index contributed by atoms with van der Waals surface area (Å²) in [6, 6.07) is -1.31. The molecule has 220 valence electrons. The summed E-state index contributed by atoms with van der Waals surface area (Å²) < 4.78 is 4.73. The minimum Gasteiger partial charge on any atom is -0.461 e. The molecular formula is C31H50N2O5S. The highest BCUT2D eigenvalue weighted by molar-refractivity contribution is 8.02. The Labute approximate surface area is 239 Å². The van der Waals surface area contributed by atoms with E-state index in [2.05, 4.69) is 54.7 Å². The average Bonchev–Trinajstić information content (AvgIpc) is 3.43. The third-order valence-electron chi connectivity index (χ3n) is 9.15. The lowest BCUT2D eigenvalue weighted by molar-refractivity contribution is -0.154. The average molecular weight is 563 g/mol. The minimum atomic E-state index is -0.789. The van der Waals surface area contributed by atoms with Crippen molar-refractivity contribution >= 4 is 29.5 Å². The first-order valence-corrected chi connectivity index (χ1v) is 15.3. The molecule has 0 aromatic rings. The van der Waals surface area contributed by atoms with Gasteiger partial charge in [-0.15, -0.1) is 18.3 Å². The third-order valence-corrected chi connectivity index (χ3v) is 11.2. The SMILES string of the molecule is C=CCOC(=O)[C@@H]1[C@H]2C(=O)N([C@@H](CO)[C@@H](C)CC)C(C(=O)N(CC=C)C(C)(C)CC(C)(C)C)C23S[C@@H]1CC3C. The van der Waals surface area contributed by atoms with Gasteiger partial charge < -0.3 is 19.6 Å². The Balaban J connectivity index is 2.19. The molecule has 3 rings (SSSR count). The van der Waals surface area contributed by atoms with Gasteiger partial charge in [0.15, 0.2) is 0 Å². The van der Waals surface area contributed by atoms with E-state index in [1.165, 1.54) is 6.08 Å². The van der Waals surface area contributed by atoms with Crippen LogP contribution in [0.4, 0.5) is 0 Å². The minimum absolute atomic E-state index is 0.0245. The number of hydrogen-bond donors (Lipinski definition) is 1. The number of nitrogens with zero attached hydrogens (tertiary/aromatic N) is 2. The molecule has 8 heteroatoms. The summed E-state index contributed by atoms with van der Waals surface area (Å²) >= 11 is 1.63. The van der Waals surface area contributed by atoms with Crippen LogP contribution in [0.1, 0.15) is 74.7 Å².